The minimum Gasteiger partial charge on any atom is -0.478 e. The summed E-state index contributed by atoms with van der Waals surface area (Å²) in [5.74, 6) is -0.911. The fourth-order valence-corrected chi connectivity index (χ4v) is 1.98. The van der Waals surface area contributed by atoms with E-state index in [9.17, 15) is 4.79 Å². The quantitative estimate of drug-likeness (QED) is 0.887. The number of carboxylic acids is 1. The van der Waals surface area contributed by atoms with E-state index in [2.05, 4.69) is 28.2 Å². The molecule has 2 N–H and O–H groups in total. The summed E-state index contributed by atoms with van der Waals surface area (Å²) in [6.07, 6.45) is 2.34. The van der Waals surface area contributed by atoms with Gasteiger partial charge in [-0.3, -0.25) is 0 Å². The summed E-state index contributed by atoms with van der Waals surface area (Å²) in [6.45, 7) is 2.16. The molecule has 1 saturated carbocycles. The number of nitrogens with one attached hydrogen (secondary N) is 1. The molecule has 0 heterocycles. The zero-order valence-corrected chi connectivity index (χ0v) is 9.97. The summed E-state index contributed by atoms with van der Waals surface area (Å²) in [5.41, 5.74) is 1.47. The van der Waals surface area contributed by atoms with Gasteiger partial charge in [-0.15, -0.1) is 0 Å². The van der Waals surface area contributed by atoms with Crippen LogP contribution in [-0.4, -0.2) is 16.6 Å². The first kappa shape index (κ1) is 10.5. The molecule has 0 unspecified atom stereocenters. The molecule has 1 fully saturated rings. The van der Waals surface area contributed by atoms with Crippen molar-refractivity contribution in [2.45, 2.75) is 25.3 Å². The lowest BCUT2D eigenvalue weighted by molar-refractivity contribution is 0.0696. The van der Waals surface area contributed by atoms with Gasteiger partial charge in [-0.2, -0.15) is 0 Å². The number of halogens is 1. The van der Waals surface area contributed by atoms with Gasteiger partial charge in [0.1, 0.15) is 0 Å². The smallest absolute Gasteiger partial charge is 0.336 e. The number of anilines is 1. The number of hydrogen-bond donors (Lipinski definition) is 2. The van der Waals surface area contributed by atoms with Gasteiger partial charge in [-0.25, -0.2) is 4.79 Å². The van der Waals surface area contributed by atoms with Crippen molar-refractivity contribution < 1.29 is 9.90 Å². The SMILES string of the molecule is CC1(Nc2ccc(C(=O)O)c(Br)c2)CC1. The lowest BCUT2D eigenvalue weighted by atomic mass is 10.2. The molecule has 0 radical (unpaired) electrons. The standard InChI is InChI=1S/C11H12BrNO2/c1-11(4-5-11)13-7-2-3-8(10(14)15)9(12)6-7/h2-3,6,13H,4-5H2,1H3,(H,14,15). The molecule has 1 aromatic rings. The molecule has 15 heavy (non-hydrogen) atoms. The summed E-state index contributed by atoms with van der Waals surface area (Å²) in [7, 11) is 0. The highest BCUT2D eigenvalue weighted by Crippen LogP contribution is 2.38. The average molecular weight is 270 g/mol. The van der Waals surface area contributed by atoms with Gasteiger partial charge in [-0.05, 0) is 53.9 Å². The van der Waals surface area contributed by atoms with Gasteiger partial charge < -0.3 is 10.4 Å². The molecule has 0 atom stereocenters. The maximum absolute atomic E-state index is 10.8. The van der Waals surface area contributed by atoms with Gasteiger partial charge in [0.2, 0.25) is 0 Å². The zero-order chi connectivity index (χ0) is 11.1. The Morgan fingerprint density at radius 1 is 1.53 bits per heavy atom. The first-order valence-electron chi connectivity index (χ1n) is 4.81. The van der Waals surface area contributed by atoms with Crippen LogP contribution >= 0.6 is 15.9 Å². The van der Waals surface area contributed by atoms with Crippen molar-refractivity contribution in [1.29, 1.82) is 0 Å². The molecule has 0 aromatic heterocycles. The number of hydrogen-bond acceptors (Lipinski definition) is 2. The van der Waals surface area contributed by atoms with Crippen LogP contribution in [0.4, 0.5) is 5.69 Å². The van der Waals surface area contributed by atoms with Crippen molar-refractivity contribution in [3.8, 4) is 0 Å². The Labute approximate surface area is 96.6 Å². The average Bonchev–Trinajstić information content (AvgIpc) is 2.82. The Morgan fingerprint density at radius 2 is 2.20 bits per heavy atom. The van der Waals surface area contributed by atoms with Crippen LogP contribution in [0.25, 0.3) is 0 Å². The summed E-state index contributed by atoms with van der Waals surface area (Å²) in [5, 5.41) is 12.2. The minimum atomic E-state index is -0.911. The summed E-state index contributed by atoms with van der Waals surface area (Å²) >= 11 is 3.25. The number of carboxylic acid groups (broad SMARTS) is 1. The molecule has 1 aliphatic carbocycles. The highest BCUT2D eigenvalue weighted by molar-refractivity contribution is 9.10. The zero-order valence-electron chi connectivity index (χ0n) is 8.38. The van der Waals surface area contributed by atoms with Crippen LogP contribution in [0, 0.1) is 0 Å². The number of carbonyl (C=O) groups is 1. The Kier molecular flexibility index (Phi) is 2.46. The van der Waals surface area contributed by atoms with E-state index in [4.69, 9.17) is 5.11 Å². The fourth-order valence-electron chi connectivity index (χ4n) is 1.43. The van der Waals surface area contributed by atoms with E-state index in [1.165, 1.54) is 12.8 Å². The highest BCUT2D eigenvalue weighted by Gasteiger charge is 2.37. The van der Waals surface area contributed by atoms with Gasteiger partial charge in [0.25, 0.3) is 0 Å². The first-order chi connectivity index (χ1) is 7.00. The number of benzene rings is 1. The third kappa shape index (κ3) is 2.31. The molecule has 1 aromatic carbocycles. The maximum atomic E-state index is 10.8. The summed E-state index contributed by atoms with van der Waals surface area (Å²) in [4.78, 5) is 10.8. The molecule has 0 amide bonds. The second-order valence-electron chi connectivity index (χ2n) is 4.19. The van der Waals surface area contributed by atoms with Crippen molar-refractivity contribution in [2.75, 3.05) is 5.32 Å². The first-order valence-corrected chi connectivity index (χ1v) is 5.60. The largest absolute Gasteiger partial charge is 0.478 e. The van der Waals surface area contributed by atoms with Gasteiger partial charge in [0.15, 0.2) is 0 Å². The Bertz CT molecular complexity index is 413. The maximum Gasteiger partial charge on any atom is 0.336 e. The monoisotopic (exact) mass is 269 g/mol. The third-order valence-corrected chi connectivity index (χ3v) is 3.30. The van der Waals surface area contributed by atoms with E-state index in [1.54, 1.807) is 12.1 Å². The van der Waals surface area contributed by atoms with Crippen LogP contribution < -0.4 is 5.32 Å². The molecule has 1 aliphatic rings. The second kappa shape index (κ2) is 3.52. The van der Waals surface area contributed by atoms with Gasteiger partial charge in [0, 0.05) is 15.7 Å². The summed E-state index contributed by atoms with van der Waals surface area (Å²) in [6, 6.07) is 5.23. The summed E-state index contributed by atoms with van der Waals surface area (Å²) < 4.78 is 0.615. The van der Waals surface area contributed by atoms with Crippen LogP contribution in [0.3, 0.4) is 0 Å². The van der Waals surface area contributed by atoms with Crippen molar-refractivity contribution >= 4 is 27.6 Å². The van der Waals surface area contributed by atoms with E-state index in [-0.39, 0.29) is 5.54 Å². The Balaban J connectivity index is 2.21. The van der Waals surface area contributed by atoms with E-state index in [1.807, 2.05) is 6.07 Å². The molecule has 4 heteroatoms. The number of rotatable bonds is 3. The molecule has 0 saturated heterocycles. The van der Waals surface area contributed by atoms with Crippen molar-refractivity contribution in [1.82, 2.24) is 0 Å². The molecule has 80 valence electrons. The normalized spacial score (nSPS) is 17.2. The van der Waals surface area contributed by atoms with Crippen LogP contribution in [0.1, 0.15) is 30.1 Å². The van der Waals surface area contributed by atoms with Crippen LogP contribution in [-0.2, 0) is 0 Å². The third-order valence-electron chi connectivity index (χ3n) is 2.65. The van der Waals surface area contributed by atoms with E-state index >= 15 is 0 Å². The fraction of sp³-hybridized carbons (Fsp3) is 0.364. The highest BCUT2D eigenvalue weighted by atomic mass is 79.9. The van der Waals surface area contributed by atoms with Crippen LogP contribution in [0.5, 0.6) is 0 Å². The molecule has 2 rings (SSSR count). The van der Waals surface area contributed by atoms with Gasteiger partial charge in [0.05, 0.1) is 5.56 Å². The van der Waals surface area contributed by atoms with Crippen LogP contribution in [0.15, 0.2) is 22.7 Å². The topological polar surface area (TPSA) is 49.3 Å². The van der Waals surface area contributed by atoms with E-state index in [0.29, 0.717) is 10.0 Å². The molecule has 3 nitrogen and oxygen atoms in total. The van der Waals surface area contributed by atoms with Gasteiger partial charge in [-0.1, -0.05) is 0 Å². The number of aromatic carboxylic acids is 1. The molecule has 0 spiro atoms. The van der Waals surface area contributed by atoms with Crippen molar-refractivity contribution in [2.24, 2.45) is 0 Å². The predicted molar refractivity (Wildman–Crippen MR) is 62.4 cm³/mol. The lowest BCUT2D eigenvalue weighted by Crippen LogP contribution is -2.15. The van der Waals surface area contributed by atoms with E-state index in [0.717, 1.165) is 5.69 Å². The van der Waals surface area contributed by atoms with Crippen LogP contribution in [0.2, 0.25) is 0 Å². The van der Waals surface area contributed by atoms with Crippen molar-refractivity contribution in [3.05, 3.63) is 28.2 Å². The molecule has 0 bridgehead atoms. The predicted octanol–water partition coefficient (Wildman–Crippen LogP) is 3.11. The molecular formula is C11H12BrNO2. The second-order valence-corrected chi connectivity index (χ2v) is 5.04. The molecular weight excluding hydrogens is 258 g/mol. The Hall–Kier alpha value is -1.03. The molecule has 0 aliphatic heterocycles. The van der Waals surface area contributed by atoms with Crippen molar-refractivity contribution in [3.63, 3.8) is 0 Å². The van der Waals surface area contributed by atoms with Gasteiger partial charge >= 0.3 is 5.97 Å². The van der Waals surface area contributed by atoms with E-state index < -0.39 is 5.97 Å². The Morgan fingerprint density at radius 3 is 2.67 bits per heavy atom. The lowest BCUT2D eigenvalue weighted by Gasteiger charge is -2.13. The minimum absolute atomic E-state index is 0.212.